The highest BCUT2D eigenvalue weighted by Gasteiger charge is 2.27. The lowest BCUT2D eigenvalue weighted by molar-refractivity contribution is -0.311. The summed E-state index contributed by atoms with van der Waals surface area (Å²) in [6, 6.07) is 30.9. The van der Waals surface area contributed by atoms with E-state index in [1.807, 2.05) is 10.8 Å². The summed E-state index contributed by atoms with van der Waals surface area (Å²) in [5, 5.41) is 27.1. The maximum atomic E-state index is 13.6. The Balaban J connectivity index is 0.717. The Morgan fingerprint density at radius 2 is 0.800 bits per heavy atom. The average molecular weight is 1920 g/mol. The summed E-state index contributed by atoms with van der Waals surface area (Å²) in [5.74, 6) is -0.646. The molecule has 0 fully saturated rings. The van der Waals surface area contributed by atoms with Gasteiger partial charge in [-0.05, 0) is 156 Å². The number of phenolic OH excluding ortho intramolecular Hbond substituents is 2. The number of unbranched alkanes of at least 4 members (excludes halogenated alkanes) is 8. The smallest absolute Gasteiger partial charge is 0.298 e. The third-order valence-corrected chi connectivity index (χ3v) is 27.0. The Labute approximate surface area is 728 Å². The minimum Gasteiger partial charge on any atom is -0.756 e. The molecule has 0 saturated carbocycles. The number of phenols is 2. The van der Waals surface area contributed by atoms with Crippen LogP contribution in [0.5, 0.6) is 11.5 Å². The number of carbonyl (C=O) groups excluding carboxylic acids is 2. The number of hydrogen-bond donors (Lipinski definition) is 4. The van der Waals surface area contributed by atoms with E-state index in [1.54, 1.807) is 83.6 Å². The monoisotopic (exact) mass is 1920 g/mol. The highest BCUT2D eigenvalue weighted by molar-refractivity contribution is 8.76. The van der Waals surface area contributed by atoms with Crippen molar-refractivity contribution in [3.8, 4) is 56.4 Å². The third-order valence-electron chi connectivity index (χ3n) is 17.9. The SMILES string of the molecule is CCCCCCSSCCCCCCOP(=O)([O-])OOP(=O)([O-])OCC(CCCCNC(=O)c1cccc(-c2c3ccc(=O)cc-3oc3cc(O)ccc23)c1)COP(=O)([O-])OCCCOP(=O)([O-])OOCCOP(=O)([O-])OCCCOP(=O)([O-])OCC(CCCCNC(=O)c1cccc(-c2c3ccc(=O)cc-3oc3cc(O)ccc23)c1)COP(=O)([O-])OC(C)C. The van der Waals surface area contributed by atoms with Crippen molar-refractivity contribution in [2.75, 3.05) is 97.3 Å². The fourth-order valence-electron chi connectivity index (χ4n) is 12.1. The number of aromatic hydroxyl groups is 2. The molecular weight excluding hydrogens is 1830 g/mol. The van der Waals surface area contributed by atoms with Crippen molar-refractivity contribution in [3.05, 3.63) is 153 Å². The Morgan fingerprint density at radius 1 is 0.408 bits per heavy atom. The second-order valence-corrected chi connectivity index (χ2v) is 40.6. The van der Waals surface area contributed by atoms with Crippen LogP contribution in [0.4, 0.5) is 0 Å². The van der Waals surface area contributed by atoms with E-state index in [0.29, 0.717) is 69.0 Å². The molecule has 4 N–H and O–H groups in total. The molecule has 4 aliphatic rings. The summed E-state index contributed by atoms with van der Waals surface area (Å²) < 4.78 is 165. The molecule has 2 heterocycles. The fourth-order valence-corrected chi connectivity index (χ4v) is 19.8. The zero-order valence-electron chi connectivity index (χ0n) is 68.3. The molecule has 39 nitrogen and oxygen atoms in total. The first-order valence-corrected chi connectivity index (χ1v) is 52.5. The van der Waals surface area contributed by atoms with E-state index < -0.39 is 163 Å². The normalized spacial score (nSPS) is 15.9. The predicted octanol–water partition coefficient (Wildman–Crippen LogP) is 12.7. The minimum atomic E-state index is -5.64. The van der Waals surface area contributed by atoms with Gasteiger partial charge in [0.25, 0.3) is 66.6 Å². The van der Waals surface area contributed by atoms with Crippen molar-refractivity contribution in [1.82, 2.24) is 10.6 Å². The van der Waals surface area contributed by atoms with E-state index in [-0.39, 0.29) is 102 Å². The molecule has 0 spiro atoms. The van der Waals surface area contributed by atoms with E-state index in [9.17, 15) is 95.6 Å². The van der Waals surface area contributed by atoms with Gasteiger partial charge in [0.15, 0.2) is 10.9 Å². The van der Waals surface area contributed by atoms with Crippen LogP contribution in [-0.4, -0.2) is 125 Å². The average Bonchev–Trinajstić information content (AvgIpc) is 0.759. The van der Waals surface area contributed by atoms with Crippen molar-refractivity contribution in [2.24, 2.45) is 11.8 Å². The minimum absolute atomic E-state index is 0.0334. The number of hydrogen-bond acceptors (Lipinski definition) is 39. The third kappa shape index (κ3) is 38.3. The Kier molecular flexibility index (Phi) is 43.3. The first kappa shape index (κ1) is 105. The molecule has 0 bridgehead atoms. The molecule has 0 saturated heterocycles. The molecule has 9 unspecified atom stereocenters. The Hall–Kier alpha value is -5.77. The maximum Gasteiger partial charge on any atom is 0.298 e. The van der Waals surface area contributed by atoms with Gasteiger partial charge in [-0.3, -0.25) is 51.1 Å². The molecule has 48 heteroatoms. The molecule has 8 rings (SSSR count). The summed E-state index contributed by atoms with van der Waals surface area (Å²) in [4.78, 5) is 144. The molecule has 125 heavy (non-hydrogen) atoms. The van der Waals surface area contributed by atoms with Crippen molar-refractivity contribution < 1.29 is 164 Å². The maximum absolute atomic E-state index is 13.6. The van der Waals surface area contributed by atoms with Gasteiger partial charge in [0.05, 0.1) is 72.2 Å². The highest BCUT2D eigenvalue weighted by atomic mass is 33.1. The summed E-state index contributed by atoms with van der Waals surface area (Å²) in [6.45, 7) is -2.80. The first-order chi connectivity index (χ1) is 59.4. The Morgan fingerprint density at radius 3 is 1.26 bits per heavy atom. The highest BCUT2D eigenvalue weighted by Crippen LogP contribution is 2.51. The predicted molar refractivity (Wildman–Crippen MR) is 447 cm³/mol. The van der Waals surface area contributed by atoms with Crippen LogP contribution in [0.15, 0.2) is 140 Å². The number of carbonyl (C=O) groups is 2. The van der Waals surface area contributed by atoms with Gasteiger partial charge in [-0.15, -0.1) is 0 Å². The zero-order chi connectivity index (χ0) is 90.7. The number of phosphoric ester groups is 7. The van der Waals surface area contributed by atoms with Crippen LogP contribution < -0.4 is 55.7 Å². The van der Waals surface area contributed by atoms with Gasteiger partial charge in [0, 0.05) is 105 Å². The van der Waals surface area contributed by atoms with Gasteiger partial charge in [0.1, 0.15) is 40.8 Å². The number of benzene rings is 6. The van der Waals surface area contributed by atoms with Crippen LogP contribution in [-0.2, 0) is 101 Å². The van der Waals surface area contributed by atoms with E-state index in [0.717, 1.165) is 37.2 Å². The summed E-state index contributed by atoms with van der Waals surface area (Å²) in [5.41, 5.74) is 4.07. The molecule has 2 amide bonds. The quantitative estimate of drug-likeness (QED) is 0.00687. The second kappa shape index (κ2) is 51.7. The van der Waals surface area contributed by atoms with Gasteiger partial charge in [0.2, 0.25) is 0 Å². The molecule has 2 aliphatic heterocycles. The summed E-state index contributed by atoms with van der Waals surface area (Å²) >= 11 is 0. The molecule has 9 atom stereocenters. The molecule has 4 aromatic carbocycles. The Bertz CT molecular complexity index is 5200. The van der Waals surface area contributed by atoms with Crippen LogP contribution >= 0.6 is 76.3 Å². The lowest BCUT2D eigenvalue weighted by Gasteiger charge is -2.29. The number of fused-ring (bicyclic) bond motifs is 4. The topological polar surface area (TPSA) is 578 Å². The zero-order valence-corrected chi connectivity index (χ0v) is 76.2. The van der Waals surface area contributed by atoms with Gasteiger partial charge >= 0.3 is 0 Å². The van der Waals surface area contributed by atoms with Crippen LogP contribution in [0.3, 0.4) is 0 Å². The van der Waals surface area contributed by atoms with E-state index in [4.69, 9.17) is 45.0 Å². The molecule has 4 aromatic rings. The lowest BCUT2D eigenvalue weighted by Crippen LogP contribution is -2.25. The molecular formula is C77H98N2O37P7S2-7. The van der Waals surface area contributed by atoms with Crippen LogP contribution in [0.25, 0.3) is 66.8 Å². The van der Waals surface area contributed by atoms with E-state index in [2.05, 4.69) is 50.0 Å². The van der Waals surface area contributed by atoms with Crippen LogP contribution in [0.1, 0.15) is 144 Å². The van der Waals surface area contributed by atoms with Crippen molar-refractivity contribution >= 4 is 110 Å². The first-order valence-electron chi connectivity index (χ1n) is 39.8. The van der Waals surface area contributed by atoms with Crippen molar-refractivity contribution in [3.63, 3.8) is 0 Å². The largest absolute Gasteiger partial charge is 0.756 e. The fraction of sp³-hybridized carbons (Fsp3) is 0.481. The van der Waals surface area contributed by atoms with Gasteiger partial charge in [-0.2, -0.15) is 14.0 Å². The van der Waals surface area contributed by atoms with E-state index >= 15 is 0 Å². The number of rotatable bonds is 63. The molecule has 0 aromatic heterocycles. The molecule has 0 radical (unpaired) electrons. The van der Waals surface area contributed by atoms with Crippen LogP contribution in [0.2, 0.25) is 0 Å². The number of nitrogens with one attached hydrogen (secondary N) is 2. The van der Waals surface area contributed by atoms with Crippen molar-refractivity contribution in [1.29, 1.82) is 0 Å². The van der Waals surface area contributed by atoms with Crippen LogP contribution in [0, 0.1) is 11.8 Å². The summed E-state index contributed by atoms with van der Waals surface area (Å²) in [6.07, 6.45) is 6.69. The number of amides is 2. The van der Waals surface area contributed by atoms with Gasteiger partial charge in [-0.1, -0.05) is 97.7 Å². The van der Waals surface area contributed by atoms with Gasteiger partial charge in [-0.25, -0.2) is 4.89 Å². The number of phosphoric acid groups is 7. The van der Waals surface area contributed by atoms with Crippen molar-refractivity contribution in [2.45, 2.75) is 130 Å². The van der Waals surface area contributed by atoms with E-state index in [1.165, 1.54) is 75.2 Å². The van der Waals surface area contributed by atoms with Gasteiger partial charge < -0.3 is 114 Å². The lowest BCUT2D eigenvalue weighted by atomic mass is 9.92. The summed E-state index contributed by atoms with van der Waals surface area (Å²) in [7, 11) is -33.2. The second-order valence-electron chi connectivity index (χ2n) is 28.4. The standard InChI is InChI=1S/C77H105N2O37P7S2/c1-4-5-6-14-43-124-125-44-15-8-7-13-36-104-122(96,97)115-116-123(98,99)110-54-57(21-10-12-35-79-77(85)61-25-17-23-59(46-61)75-68-32-28-64(82)49-72(68)112-73-50-65(83)29-33-69(73)75)52-108-119(90,91)103-39-19-40-105-121(94,95)114-100-41-42-106-117(86,87)101-37-18-38-102-118(88,89)107-51-56(53-109-120(92,93)113-55(2)3)20-9-11-34-78-76(84)60-24-16-22-58(45-60)74-66-30-26-62(80)47-70(66)111-71-48-63(81)27-31-67(71)74/h16-17,22-33,45-50,55-57,80,82H,4-15,18-21,34-44,51-54H2,1-3H3,(H,78,84)(H,79,85)(H,86,87)(H,88,89)(H,90,91)(H,92,93)(H,94,95)(H,96,97)(H,98,99)/p-7. The molecule has 2 aliphatic carbocycles. The molecule has 692 valence electrons.